The van der Waals surface area contributed by atoms with Crippen LogP contribution in [0.5, 0.6) is 0 Å². The number of thioether (sulfide) groups is 1. The van der Waals surface area contributed by atoms with Gasteiger partial charge in [0.2, 0.25) is 0 Å². The van der Waals surface area contributed by atoms with E-state index in [9.17, 15) is 5.11 Å². The van der Waals surface area contributed by atoms with Gasteiger partial charge in [-0.25, -0.2) is 0 Å². The van der Waals surface area contributed by atoms with Crippen LogP contribution in [0.2, 0.25) is 0 Å². The smallest absolute Gasteiger partial charge is 0.0845 e. The third kappa shape index (κ3) is 9.84. The highest BCUT2D eigenvalue weighted by molar-refractivity contribution is 8.01. The quantitative estimate of drug-likeness (QED) is 0.500. The van der Waals surface area contributed by atoms with Gasteiger partial charge in [-0.2, -0.15) is 0 Å². The third-order valence-electron chi connectivity index (χ3n) is 2.50. The minimum absolute atomic E-state index is 0.119. The van der Waals surface area contributed by atoms with Crippen molar-refractivity contribution in [1.29, 1.82) is 0 Å². The number of aliphatic hydroxyl groups excluding tert-OH is 1. The fourth-order valence-electron chi connectivity index (χ4n) is 1.65. The van der Waals surface area contributed by atoms with Crippen molar-refractivity contribution in [1.82, 2.24) is 0 Å². The zero-order chi connectivity index (χ0) is 14.0. The van der Waals surface area contributed by atoms with Gasteiger partial charge in [-0.15, -0.1) is 11.8 Å². The maximum absolute atomic E-state index is 10.3. The Balaban J connectivity index is 4.34. The molecular weight excluding hydrogens is 244 g/mol. The summed E-state index contributed by atoms with van der Waals surface area (Å²) in [5.74, 6) is 0. The number of rotatable bonds is 9. The first-order valence-electron chi connectivity index (χ1n) is 7.04. The van der Waals surface area contributed by atoms with E-state index in [4.69, 9.17) is 4.74 Å². The van der Waals surface area contributed by atoms with Gasteiger partial charge in [0.05, 0.1) is 24.2 Å². The Kier molecular flexibility index (Phi) is 9.66. The monoisotopic (exact) mass is 274 g/mol. The molecule has 0 radical (unpaired) electrons. The minimum atomic E-state index is -0.280. The van der Waals surface area contributed by atoms with Crippen LogP contribution in [0.25, 0.3) is 0 Å². The third-order valence-corrected chi connectivity index (χ3v) is 3.95. The molecule has 0 aromatic rings. The zero-order valence-corrected chi connectivity index (χ0v) is 13.4. The highest BCUT2D eigenvalue weighted by atomic mass is 32.2. The summed E-state index contributed by atoms with van der Waals surface area (Å²) in [5.41, 5.74) is 0. The predicted octanol–water partition coefficient (Wildman–Crippen LogP) is 4.38. The summed E-state index contributed by atoms with van der Waals surface area (Å²) in [4.78, 5) is 0. The molecule has 0 bridgehead atoms. The molecule has 0 amide bonds. The molecule has 0 aromatic carbocycles. The second-order valence-corrected chi connectivity index (χ2v) is 7.55. The number of hydrogen-bond acceptors (Lipinski definition) is 3. The second kappa shape index (κ2) is 9.74. The van der Waals surface area contributed by atoms with Gasteiger partial charge in [0.25, 0.3) is 0 Å². The minimum Gasteiger partial charge on any atom is -0.502 e. The maximum atomic E-state index is 10.3. The highest BCUT2D eigenvalue weighted by Crippen LogP contribution is 2.32. The lowest BCUT2D eigenvalue weighted by Crippen LogP contribution is -2.26. The lowest BCUT2D eigenvalue weighted by molar-refractivity contribution is 0.167. The normalized spacial score (nSPS) is 15.9. The van der Waals surface area contributed by atoms with Gasteiger partial charge in [0.15, 0.2) is 0 Å². The van der Waals surface area contributed by atoms with Gasteiger partial charge >= 0.3 is 0 Å². The summed E-state index contributed by atoms with van der Waals surface area (Å²) in [6, 6.07) is 0. The molecule has 1 N–H and O–H groups in total. The van der Waals surface area contributed by atoms with E-state index in [-0.39, 0.29) is 16.1 Å². The summed E-state index contributed by atoms with van der Waals surface area (Å²) < 4.78 is 5.40. The molecule has 0 heterocycles. The molecule has 0 rings (SSSR count). The first kappa shape index (κ1) is 17.8. The van der Waals surface area contributed by atoms with E-state index in [1.54, 1.807) is 18.0 Å². The van der Waals surface area contributed by atoms with Crippen molar-refractivity contribution >= 4 is 11.8 Å². The molecule has 2 nitrogen and oxygen atoms in total. The van der Waals surface area contributed by atoms with Crippen molar-refractivity contribution in [3.8, 4) is 0 Å². The summed E-state index contributed by atoms with van der Waals surface area (Å²) >= 11 is 1.80. The van der Waals surface area contributed by atoms with Gasteiger partial charge in [-0.3, -0.25) is 0 Å². The molecule has 3 heteroatoms. The summed E-state index contributed by atoms with van der Waals surface area (Å²) in [7, 11) is 0. The van der Waals surface area contributed by atoms with Gasteiger partial charge in [0, 0.05) is 4.75 Å². The largest absolute Gasteiger partial charge is 0.502 e. The van der Waals surface area contributed by atoms with Gasteiger partial charge in [0.1, 0.15) is 0 Å². The van der Waals surface area contributed by atoms with Crippen LogP contribution < -0.4 is 0 Å². The lowest BCUT2D eigenvalue weighted by Gasteiger charge is -2.27. The van der Waals surface area contributed by atoms with Crippen LogP contribution in [0, 0.1) is 0 Å². The van der Waals surface area contributed by atoms with Crippen LogP contribution in [-0.2, 0) is 4.74 Å². The fourth-order valence-corrected chi connectivity index (χ4v) is 2.90. The van der Waals surface area contributed by atoms with E-state index in [1.807, 2.05) is 13.0 Å². The van der Waals surface area contributed by atoms with E-state index < -0.39 is 0 Å². The van der Waals surface area contributed by atoms with E-state index in [0.29, 0.717) is 6.61 Å². The maximum Gasteiger partial charge on any atom is 0.0845 e. The average Bonchev–Trinajstić information content (AvgIpc) is 2.26. The molecular formula is C15H30O2S. The summed E-state index contributed by atoms with van der Waals surface area (Å²) in [6.07, 6.45) is 7.80. The van der Waals surface area contributed by atoms with E-state index in [2.05, 4.69) is 27.7 Å². The Labute approximate surface area is 117 Å². The van der Waals surface area contributed by atoms with Crippen LogP contribution in [0.1, 0.15) is 60.3 Å². The van der Waals surface area contributed by atoms with Crippen LogP contribution >= 0.6 is 11.8 Å². The molecule has 0 aromatic heterocycles. The van der Waals surface area contributed by atoms with Crippen LogP contribution in [-0.4, -0.2) is 27.8 Å². The molecule has 18 heavy (non-hydrogen) atoms. The molecule has 0 fully saturated rings. The summed E-state index contributed by atoms with van der Waals surface area (Å²) in [5, 5.41) is 10.4. The zero-order valence-electron chi connectivity index (χ0n) is 12.6. The van der Waals surface area contributed by atoms with Crippen molar-refractivity contribution in [2.24, 2.45) is 0 Å². The molecule has 0 saturated carbocycles. The van der Waals surface area contributed by atoms with Crippen molar-refractivity contribution in [3.05, 3.63) is 12.3 Å². The number of ether oxygens (including phenoxy) is 1. The second-order valence-electron chi connectivity index (χ2n) is 5.54. The fraction of sp³-hybridized carbons (Fsp3) is 0.867. The Morgan fingerprint density at radius 2 is 1.89 bits per heavy atom. The van der Waals surface area contributed by atoms with Crippen LogP contribution in [0.15, 0.2) is 12.3 Å². The van der Waals surface area contributed by atoms with Gasteiger partial charge < -0.3 is 9.84 Å². The summed E-state index contributed by atoms with van der Waals surface area (Å²) in [6.45, 7) is 11.4. The SMILES string of the molecule is CCCCCC(O)C(C=COCC)SC(C)(C)C. The highest BCUT2D eigenvalue weighted by Gasteiger charge is 2.23. The van der Waals surface area contributed by atoms with Crippen molar-refractivity contribution in [3.63, 3.8) is 0 Å². The van der Waals surface area contributed by atoms with Crippen molar-refractivity contribution in [2.75, 3.05) is 6.61 Å². The van der Waals surface area contributed by atoms with Crippen LogP contribution in [0.4, 0.5) is 0 Å². The predicted molar refractivity (Wildman–Crippen MR) is 82.0 cm³/mol. The molecule has 0 spiro atoms. The van der Waals surface area contributed by atoms with Crippen molar-refractivity contribution in [2.45, 2.75) is 76.4 Å². The number of unbranched alkanes of at least 4 members (excludes halogenated alkanes) is 2. The first-order valence-corrected chi connectivity index (χ1v) is 7.92. The topological polar surface area (TPSA) is 29.5 Å². The van der Waals surface area contributed by atoms with E-state index in [0.717, 1.165) is 12.8 Å². The van der Waals surface area contributed by atoms with Crippen molar-refractivity contribution < 1.29 is 9.84 Å². The molecule has 2 atom stereocenters. The Hall–Kier alpha value is -0.150. The molecule has 0 aliphatic heterocycles. The average molecular weight is 274 g/mol. The molecule has 2 unspecified atom stereocenters. The Morgan fingerprint density at radius 3 is 2.39 bits per heavy atom. The molecule has 108 valence electrons. The van der Waals surface area contributed by atoms with Crippen LogP contribution in [0.3, 0.4) is 0 Å². The van der Waals surface area contributed by atoms with Gasteiger partial charge in [-0.1, -0.05) is 47.0 Å². The van der Waals surface area contributed by atoms with E-state index in [1.165, 1.54) is 12.8 Å². The number of aliphatic hydroxyl groups is 1. The Morgan fingerprint density at radius 1 is 1.22 bits per heavy atom. The Bertz CT molecular complexity index is 221. The first-order chi connectivity index (χ1) is 8.40. The lowest BCUT2D eigenvalue weighted by atomic mass is 10.1. The molecule has 0 aliphatic rings. The standard InChI is InChI=1S/C15H30O2S/c1-6-8-9-10-13(16)14(11-12-17-7-2)18-15(3,4)5/h11-14,16H,6-10H2,1-5H3. The number of hydrogen-bond donors (Lipinski definition) is 1. The van der Waals surface area contributed by atoms with E-state index >= 15 is 0 Å². The van der Waals surface area contributed by atoms with Gasteiger partial charge in [-0.05, 0) is 19.4 Å². The molecule has 0 aliphatic carbocycles. The molecule has 0 saturated heterocycles.